The van der Waals surface area contributed by atoms with Crippen LogP contribution in [0.25, 0.3) is 0 Å². The summed E-state index contributed by atoms with van der Waals surface area (Å²) < 4.78 is 34.9. The lowest BCUT2D eigenvalue weighted by atomic mass is 10.1. The minimum absolute atomic E-state index is 0.0929. The molecule has 0 spiro atoms. The van der Waals surface area contributed by atoms with Crippen LogP contribution in [-0.4, -0.2) is 46.1 Å². The molecule has 144 valence electrons. The maximum atomic E-state index is 13.8. The summed E-state index contributed by atoms with van der Waals surface area (Å²) in [5, 5.41) is 0.425. The Balaban J connectivity index is 1.82. The summed E-state index contributed by atoms with van der Waals surface area (Å²) in [6.07, 6.45) is 2.25. The van der Waals surface area contributed by atoms with Crippen LogP contribution in [0.5, 0.6) is 5.75 Å². The summed E-state index contributed by atoms with van der Waals surface area (Å²) >= 11 is 6.24. The average molecular weight is 407 g/mol. The molecule has 0 atom stereocenters. The van der Waals surface area contributed by atoms with Crippen LogP contribution in [0.15, 0.2) is 47.4 Å². The number of sulfonamides is 1. The van der Waals surface area contributed by atoms with Gasteiger partial charge in [-0.1, -0.05) is 29.8 Å². The summed E-state index contributed by atoms with van der Waals surface area (Å²) in [7, 11) is -1.75. The molecule has 0 radical (unpaired) electrons. The third kappa shape index (κ3) is 3.53. The molecule has 2 aromatic carbocycles. The van der Waals surface area contributed by atoms with E-state index in [0.717, 1.165) is 31.5 Å². The molecule has 7 heteroatoms. The molecule has 5 nitrogen and oxygen atoms in total. The van der Waals surface area contributed by atoms with Gasteiger partial charge in [0, 0.05) is 23.0 Å². The molecule has 1 fully saturated rings. The van der Waals surface area contributed by atoms with Crippen LogP contribution in [0.3, 0.4) is 0 Å². The van der Waals surface area contributed by atoms with Crippen LogP contribution in [-0.2, 0) is 16.4 Å². The van der Waals surface area contributed by atoms with E-state index in [0.29, 0.717) is 29.5 Å². The zero-order chi connectivity index (χ0) is 19.0. The first-order chi connectivity index (χ1) is 13.0. The molecular formula is C20H23ClN2O3S. The molecule has 2 heterocycles. The molecule has 2 aliphatic rings. The van der Waals surface area contributed by atoms with Gasteiger partial charge in [-0.05, 0) is 57.2 Å². The van der Waals surface area contributed by atoms with E-state index in [1.807, 2.05) is 30.3 Å². The fraction of sp³-hybridized carbons (Fsp3) is 0.400. The summed E-state index contributed by atoms with van der Waals surface area (Å²) in [5.74, 6) is 0.452. The molecule has 2 aliphatic heterocycles. The van der Waals surface area contributed by atoms with Gasteiger partial charge in [-0.3, -0.25) is 4.31 Å². The number of benzene rings is 2. The van der Waals surface area contributed by atoms with Crippen LogP contribution in [0.2, 0.25) is 5.02 Å². The Labute approximate surface area is 165 Å². The number of hydrogen-bond donors (Lipinski definition) is 0. The van der Waals surface area contributed by atoms with Crippen molar-refractivity contribution in [2.45, 2.75) is 30.2 Å². The van der Waals surface area contributed by atoms with Crippen molar-refractivity contribution in [3.63, 3.8) is 0 Å². The number of rotatable bonds is 4. The van der Waals surface area contributed by atoms with Crippen molar-refractivity contribution in [1.82, 2.24) is 4.90 Å². The zero-order valence-corrected chi connectivity index (χ0v) is 16.8. The van der Waals surface area contributed by atoms with Gasteiger partial charge in [0.05, 0.1) is 12.3 Å². The van der Waals surface area contributed by atoms with E-state index in [1.54, 1.807) is 10.4 Å². The van der Waals surface area contributed by atoms with Crippen LogP contribution >= 0.6 is 11.6 Å². The zero-order valence-electron chi connectivity index (χ0n) is 15.3. The number of likely N-dealkylation sites (tertiary alicyclic amines) is 1. The summed E-state index contributed by atoms with van der Waals surface area (Å²) in [4.78, 5) is 2.40. The molecule has 0 amide bonds. The maximum Gasteiger partial charge on any atom is 0.268 e. The van der Waals surface area contributed by atoms with E-state index in [1.165, 1.54) is 6.07 Å². The Morgan fingerprint density at radius 2 is 1.85 bits per heavy atom. The highest BCUT2D eigenvalue weighted by atomic mass is 35.5. The molecule has 0 aliphatic carbocycles. The van der Waals surface area contributed by atoms with Gasteiger partial charge in [-0.2, -0.15) is 0 Å². The van der Waals surface area contributed by atoms with Gasteiger partial charge < -0.3 is 9.64 Å². The molecule has 4 rings (SSSR count). The fourth-order valence-corrected chi connectivity index (χ4v) is 6.10. The molecule has 0 saturated carbocycles. The van der Waals surface area contributed by atoms with Crippen LogP contribution in [0.4, 0.5) is 5.69 Å². The number of anilines is 1. The minimum atomic E-state index is -3.81. The van der Waals surface area contributed by atoms with Crippen molar-refractivity contribution in [2.24, 2.45) is 0 Å². The largest absolute Gasteiger partial charge is 0.492 e. The Morgan fingerprint density at radius 3 is 2.56 bits per heavy atom. The average Bonchev–Trinajstić information content (AvgIpc) is 3.11. The lowest BCUT2D eigenvalue weighted by Gasteiger charge is -2.38. The van der Waals surface area contributed by atoms with Gasteiger partial charge in [-0.15, -0.1) is 0 Å². The number of fused-ring (bicyclic) bond motifs is 1. The second kappa shape index (κ2) is 7.34. The predicted octanol–water partition coefficient (Wildman–Crippen LogP) is 3.56. The molecule has 0 aromatic heterocycles. The smallest absolute Gasteiger partial charge is 0.268 e. The van der Waals surface area contributed by atoms with Gasteiger partial charge in [0.15, 0.2) is 0 Å². The number of nitrogens with zero attached hydrogens (tertiary/aromatic N) is 2. The van der Waals surface area contributed by atoms with Gasteiger partial charge in [0.25, 0.3) is 10.0 Å². The molecule has 2 aromatic rings. The van der Waals surface area contributed by atoms with Crippen molar-refractivity contribution < 1.29 is 13.2 Å². The first kappa shape index (κ1) is 18.6. The molecule has 1 saturated heterocycles. The molecular weight excluding hydrogens is 384 g/mol. The third-order valence-corrected chi connectivity index (χ3v) is 7.39. The minimum Gasteiger partial charge on any atom is -0.492 e. The number of piperidine rings is 1. The Morgan fingerprint density at radius 1 is 1.15 bits per heavy atom. The van der Waals surface area contributed by atoms with Gasteiger partial charge >= 0.3 is 0 Å². The second-order valence-electron chi connectivity index (χ2n) is 7.16. The monoisotopic (exact) mass is 406 g/mol. The molecule has 0 N–H and O–H groups in total. The standard InChI is InChI=1S/C20H23ClN2O3S/c1-22-10-7-18(8-11-22)23(17-5-3-2-4-6-17)27(24,25)19-14-16(21)13-15-9-12-26-20(15)19/h2-6,13-14,18H,7-12H2,1H3. The van der Waals surface area contributed by atoms with Crippen LogP contribution in [0, 0.1) is 0 Å². The first-order valence-electron chi connectivity index (χ1n) is 9.20. The molecule has 0 unspecified atom stereocenters. The van der Waals surface area contributed by atoms with Gasteiger partial charge in [0.2, 0.25) is 0 Å². The van der Waals surface area contributed by atoms with Crippen molar-refractivity contribution >= 4 is 27.3 Å². The van der Waals surface area contributed by atoms with Gasteiger partial charge in [-0.25, -0.2) is 8.42 Å². The van der Waals surface area contributed by atoms with Crippen molar-refractivity contribution in [3.05, 3.63) is 53.1 Å². The highest BCUT2D eigenvalue weighted by Gasteiger charge is 2.37. The second-order valence-corrected chi connectivity index (χ2v) is 9.38. The normalized spacial score (nSPS) is 18.1. The van der Waals surface area contributed by atoms with E-state index < -0.39 is 10.0 Å². The molecule has 0 bridgehead atoms. The summed E-state index contributed by atoms with van der Waals surface area (Å²) in [5.41, 5.74) is 1.54. The Hall–Kier alpha value is -1.76. The predicted molar refractivity (Wildman–Crippen MR) is 107 cm³/mol. The van der Waals surface area contributed by atoms with Crippen molar-refractivity contribution in [3.8, 4) is 5.75 Å². The topological polar surface area (TPSA) is 49.9 Å². The highest BCUT2D eigenvalue weighted by molar-refractivity contribution is 7.93. The van der Waals surface area contributed by atoms with E-state index in [4.69, 9.17) is 16.3 Å². The Bertz CT molecular complexity index is 926. The SMILES string of the molecule is CN1CCC(N(c2ccccc2)S(=O)(=O)c2cc(Cl)cc3c2OCC3)CC1. The van der Waals surface area contributed by atoms with Crippen molar-refractivity contribution in [2.75, 3.05) is 31.0 Å². The molecule has 27 heavy (non-hydrogen) atoms. The number of para-hydroxylation sites is 1. The van der Waals surface area contributed by atoms with Gasteiger partial charge in [0.1, 0.15) is 10.6 Å². The van der Waals surface area contributed by atoms with E-state index in [-0.39, 0.29) is 10.9 Å². The maximum absolute atomic E-state index is 13.8. The lowest BCUT2D eigenvalue weighted by molar-refractivity contribution is 0.257. The first-order valence-corrected chi connectivity index (χ1v) is 11.0. The Kier molecular flexibility index (Phi) is 5.05. The number of ether oxygens (including phenoxy) is 1. The van der Waals surface area contributed by atoms with Crippen molar-refractivity contribution in [1.29, 1.82) is 0 Å². The van der Waals surface area contributed by atoms with Crippen LogP contribution in [0.1, 0.15) is 18.4 Å². The number of halogens is 1. The summed E-state index contributed by atoms with van der Waals surface area (Å²) in [6, 6.07) is 12.5. The summed E-state index contributed by atoms with van der Waals surface area (Å²) in [6.45, 7) is 2.22. The highest BCUT2D eigenvalue weighted by Crippen LogP contribution is 2.39. The third-order valence-electron chi connectivity index (χ3n) is 5.28. The lowest BCUT2D eigenvalue weighted by Crippen LogP contribution is -2.46. The number of hydrogen-bond acceptors (Lipinski definition) is 4. The van der Waals surface area contributed by atoms with E-state index in [2.05, 4.69) is 11.9 Å². The van der Waals surface area contributed by atoms with Crippen LogP contribution < -0.4 is 9.04 Å². The van der Waals surface area contributed by atoms with E-state index >= 15 is 0 Å². The fourth-order valence-electron chi connectivity index (χ4n) is 3.88. The van der Waals surface area contributed by atoms with E-state index in [9.17, 15) is 8.42 Å². The quantitative estimate of drug-likeness (QED) is 0.778.